The smallest absolute Gasteiger partial charge is 0.259 e. The zero-order valence-electron chi connectivity index (χ0n) is 15.6. The Morgan fingerprint density at radius 3 is 2.67 bits per heavy atom. The highest BCUT2D eigenvalue weighted by molar-refractivity contribution is 6.05. The molecule has 0 spiro atoms. The van der Waals surface area contributed by atoms with Crippen LogP contribution in [0.1, 0.15) is 40.8 Å². The van der Waals surface area contributed by atoms with Crippen LogP contribution in [0.25, 0.3) is 0 Å². The van der Waals surface area contributed by atoms with Gasteiger partial charge in [0.25, 0.3) is 5.91 Å². The molecule has 1 aromatic carbocycles. The van der Waals surface area contributed by atoms with E-state index < -0.39 is 11.4 Å². The summed E-state index contributed by atoms with van der Waals surface area (Å²) >= 11 is 0. The van der Waals surface area contributed by atoms with Crippen LogP contribution in [0.4, 0.5) is 10.1 Å². The maximum Gasteiger partial charge on any atom is 0.259 e. The second-order valence-corrected chi connectivity index (χ2v) is 6.85. The fourth-order valence-electron chi connectivity index (χ4n) is 3.13. The summed E-state index contributed by atoms with van der Waals surface area (Å²) in [6.07, 6.45) is -0.0292. The van der Waals surface area contributed by atoms with Crippen molar-refractivity contribution in [2.24, 2.45) is 10.7 Å². The maximum absolute atomic E-state index is 14.5. The molecular weight excluding hydrogens is 351 g/mol. The van der Waals surface area contributed by atoms with Crippen molar-refractivity contribution in [2.75, 3.05) is 12.4 Å². The van der Waals surface area contributed by atoms with E-state index in [1.807, 2.05) is 0 Å². The van der Waals surface area contributed by atoms with Crippen LogP contribution in [0.15, 0.2) is 33.7 Å². The van der Waals surface area contributed by atoms with Gasteiger partial charge >= 0.3 is 0 Å². The van der Waals surface area contributed by atoms with Gasteiger partial charge in [-0.05, 0) is 45.0 Å². The molecule has 1 aromatic heterocycles. The number of aryl methyl sites for hydroxylation is 2. The molecule has 27 heavy (non-hydrogen) atoms. The molecule has 3 N–H and O–H groups in total. The molecule has 0 fully saturated rings. The van der Waals surface area contributed by atoms with E-state index in [0.717, 1.165) is 0 Å². The summed E-state index contributed by atoms with van der Waals surface area (Å²) < 4.78 is 19.9. The number of nitrogens with zero attached hydrogens (tertiary/aromatic N) is 2. The van der Waals surface area contributed by atoms with Crippen LogP contribution in [0.5, 0.6) is 0 Å². The van der Waals surface area contributed by atoms with E-state index in [1.54, 1.807) is 26.8 Å². The normalized spacial score (nSPS) is 19.8. The summed E-state index contributed by atoms with van der Waals surface area (Å²) in [4.78, 5) is 30.2. The molecule has 7 nitrogen and oxygen atoms in total. The highest BCUT2D eigenvalue weighted by atomic mass is 19.1. The third-order valence-corrected chi connectivity index (χ3v) is 4.66. The predicted molar refractivity (Wildman–Crippen MR) is 98.9 cm³/mol. The van der Waals surface area contributed by atoms with Gasteiger partial charge in [0.05, 0.1) is 17.5 Å². The van der Waals surface area contributed by atoms with Gasteiger partial charge in [-0.3, -0.25) is 14.5 Å². The number of benzene rings is 1. The first-order chi connectivity index (χ1) is 12.6. The minimum atomic E-state index is -1.15. The third-order valence-electron chi connectivity index (χ3n) is 4.66. The Labute approximate surface area is 156 Å². The summed E-state index contributed by atoms with van der Waals surface area (Å²) in [6.45, 7) is 5.08. The lowest BCUT2D eigenvalue weighted by atomic mass is 9.87. The largest absolute Gasteiger partial charge is 0.466 e. The maximum atomic E-state index is 14.5. The average Bonchev–Trinajstić information content (AvgIpc) is 2.92. The number of anilines is 1. The molecule has 3 rings (SSSR count). The second-order valence-electron chi connectivity index (χ2n) is 6.85. The van der Waals surface area contributed by atoms with Gasteiger partial charge in [0.1, 0.15) is 17.3 Å². The topological polar surface area (TPSA) is 101 Å². The molecule has 0 bridgehead atoms. The van der Waals surface area contributed by atoms with Crippen LogP contribution in [0.2, 0.25) is 0 Å². The molecule has 0 saturated carbocycles. The summed E-state index contributed by atoms with van der Waals surface area (Å²) in [6, 6.07) is 5.80. The van der Waals surface area contributed by atoms with Gasteiger partial charge in [-0.15, -0.1) is 0 Å². The zero-order valence-corrected chi connectivity index (χ0v) is 15.6. The number of hydrogen-bond donors (Lipinski definition) is 2. The average molecular weight is 372 g/mol. The Morgan fingerprint density at radius 2 is 2.07 bits per heavy atom. The zero-order chi connectivity index (χ0) is 19.9. The van der Waals surface area contributed by atoms with Crippen molar-refractivity contribution in [3.63, 3.8) is 0 Å². The van der Waals surface area contributed by atoms with E-state index >= 15 is 0 Å². The molecule has 1 aliphatic rings. The fourth-order valence-corrected chi connectivity index (χ4v) is 3.13. The number of amides is 2. The molecule has 2 heterocycles. The van der Waals surface area contributed by atoms with E-state index in [0.29, 0.717) is 22.8 Å². The molecule has 1 aliphatic heterocycles. The number of aliphatic imine (C=N–C) groups is 1. The number of rotatable bonds is 3. The first-order valence-electron chi connectivity index (χ1n) is 8.41. The van der Waals surface area contributed by atoms with Crippen LogP contribution >= 0.6 is 0 Å². The number of furan rings is 1. The second kappa shape index (κ2) is 6.53. The fraction of sp³-hybridized carbons (Fsp3) is 0.316. The van der Waals surface area contributed by atoms with Gasteiger partial charge in [-0.2, -0.15) is 0 Å². The van der Waals surface area contributed by atoms with Crippen LogP contribution in [-0.4, -0.2) is 29.7 Å². The molecule has 2 aromatic rings. The van der Waals surface area contributed by atoms with E-state index in [1.165, 1.54) is 30.1 Å². The summed E-state index contributed by atoms with van der Waals surface area (Å²) in [5.41, 5.74) is 5.62. The quantitative estimate of drug-likeness (QED) is 0.865. The lowest BCUT2D eigenvalue weighted by Crippen LogP contribution is -2.47. The van der Waals surface area contributed by atoms with Crippen molar-refractivity contribution < 1.29 is 18.4 Å². The predicted octanol–water partition coefficient (Wildman–Crippen LogP) is 2.68. The van der Waals surface area contributed by atoms with Gasteiger partial charge in [0, 0.05) is 18.3 Å². The lowest BCUT2D eigenvalue weighted by molar-refractivity contribution is -0.128. The molecular formula is C19H21FN4O3. The SMILES string of the molecule is Cc1cc(C(=O)Nc2ccc(F)c(C3(C)CC(=O)N(C)C(N)=N3)c2)c(C)o1. The summed E-state index contributed by atoms with van der Waals surface area (Å²) in [5.74, 6) is -0.0121. The highest BCUT2D eigenvalue weighted by Gasteiger charge is 2.38. The minimum absolute atomic E-state index is 0.0204. The number of nitrogens with two attached hydrogens (primary N) is 1. The monoisotopic (exact) mass is 372 g/mol. The van der Waals surface area contributed by atoms with Crippen LogP contribution in [-0.2, 0) is 10.3 Å². The Morgan fingerprint density at radius 1 is 1.37 bits per heavy atom. The molecule has 1 atom stereocenters. The third kappa shape index (κ3) is 3.42. The van der Waals surface area contributed by atoms with Crippen molar-refractivity contribution >= 4 is 23.5 Å². The van der Waals surface area contributed by atoms with Crippen LogP contribution < -0.4 is 11.1 Å². The number of carbonyl (C=O) groups excluding carboxylic acids is 2. The van der Waals surface area contributed by atoms with Crippen LogP contribution in [0.3, 0.4) is 0 Å². The molecule has 0 saturated heterocycles. The summed E-state index contributed by atoms with van der Waals surface area (Å²) in [5, 5.41) is 2.73. The van der Waals surface area contributed by atoms with Crippen molar-refractivity contribution in [2.45, 2.75) is 32.7 Å². The number of halogens is 1. The van der Waals surface area contributed by atoms with Gasteiger partial charge in [-0.1, -0.05) is 0 Å². The standard InChI is InChI=1S/C19H21FN4O3/c1-10-7-13(11(2)27-10)17(26)22-12-5-6-15(20)14(8-12)19(3)9-16(25)24(4)18(21)23-19/h5-8H,9H2,1-4H3,(H2,21,23)(H,22,26). The minimum Gasteiger partial charge on any atom is -0.466 e. The van der Waals surface area contributed by atoms with Gasteiger partial charge in [0.2, 0.25) is 5.91 Å². The van der Waals surface area contributed by atoms with Crippen molar-refractivity contribution in [1.29, 1.82) is 0 Å². The number of nitrogens with one attached hydrogen (secondary N) is 1. The Hall–Kier alpha value is -3.16. The van der Waals surface area contributed by atoms with Crippen LogP contribution in [0, 0.1) is 19.7 Å². The van der Waals surface area contributed by atoms with Gasteiger partial charge < -0.3 is 15.5 Å². The first kappa shape index (κ1) is 18.6. The Balaban J connectivity index is 1.94. The van der Waals surface area contributed by atoms with E-state index in [9.17, 15) is 14.0 Å². The molecule has 2 amide bonds. The molecule has 0 aliphatic carbocycles. The van der Waals surface area contributed by atoms with Gasteiger partial charge in [-0.25, -0.2) is 9.38 Å². The lowest BCUT2D eigenvalue weighted by Gasteiger charge is -2.34. The van der Waals surface area contributed by atoms with E-state index in [4.69, 9.17) is 10.2 Å². The molecule has 1 unspecified atom stereocenters. The number of hydrogen-bond acceptors (Lipinski definition) is 5. The molecule has 0 radical (unpaired) electrons. The summed E-state index contributed by atoms with van der Waals surface area (Å²) in [7, 11) is 1.52. The van der Waals surface area contributed by atoms with E-state index in [2.05, 4.69) is 10.3 Å². The van der Waals surface area contributed by atoms with E-state index in [-0.39, 0.29) is 29.8 Å². The Kier molecular flexibility index (Phi) is 4.51. The Bertz CT molecular complexity index is 966. The van der Waals surface area contributed by atoms with Crippen molar-refractivity contribution in [3.05, 3.63) is 52.7 Å². The molecule has 142 valence electrons. The van der Waals surface area contributed by atoms with Gasteiger partial charge in [0.15, 0.2) is 5.96 Å². The first-order valence-corrected chi connectivity index (χ1v) is 8.41. The number of guanidine groups is 1. The van der Waals surface area contributed by atoms with Crippen molar-refractivity contribution in [3.8, 4) is 0 Å². The van der Waals surface area contributed by atoms with Crippen molar-refractivity contribution in [1.82, 2.24) is 4.90 Å². The number of carbonyl (C=O) groups is 2. The highest BCUT2D eigenvalue weighted by Crippen LogP contribution is 2.36. The molecule has 8 heteroatoms.